The lowest BCUT2D eigenvalue weighted by Gasteiger charge is -2.16. The van der Waals surface area contributed by atoms with Crippen molar-refractivity contribution in [3.8, 4) is 178 Å². The Hall–Kier alpha value is -11.0. The van der Waals surface area contributed by atoms with Crippen LogP contribution in [0.15, 0.2) is 103 Å². The molecule has 8 aromatic rings. The normalized spacial score (nSPS) is 10.9. The Morgan fingerprint density at radius 2 is 0.306 bits per heavy atom. The fourth-order valence-corrected chi connectivity index (χ4v) is 6.56. The molecule has 0 radical (unpaired) electrons. The topological polar surface area (TPSA) is 409 Å². The van der Waals surface area contributed by atoms with Crippen LogP contribution in [0.1, 0.15) is 0 Å². The highest BCUT2D eigenvalue weighted by atomic mass is 16.5. The molecule has 0 aromatic heterocycles. The van der Waals surface area contributed by atoms with Crippen molar-refractivity contribution in [2.75, 3.05) is 0 Å². The molecule has 17 N–H and O–H groups in total. The number of benzene rings is 8. The van der Waals surface area contributed by atoms with Crippen molar-refractivity contribution < 1.29 is 120 Å². The van der Waals surface area contributed by atoms with Crippen molar-refractivity contribution in [2.24, 2.45) is 0 Å². The molecule has 0 atom stereocenters. The molecule has 0 bridgehead atoms. The van der Waals surface area contributed by atoms with Gasteiger partial charge in [0.2, 0.25) is 40.2 Å². The summed E-state index contributed by atoms with van der Waals surface area (Å²) in [6.07, 6.45) is 0. The van der Waals surface area contributed by atoms with Crippen LogP contribution in [0, 0.1) is 0 Å². The van der Waals surface area contributed by atoms with E-state index in [1.54, 1.807) is 0 Å². The fourth-order valence-electron chi connectivity index (χ4n) is 6.56. The van der Waals surface area contributed by atoms with E-state index >= 15 is 0 Å². The standard InChI is InChI=1S/C48H34O24/c49-18-1-19(50)3-21(2-18)67-42-34(58)10-24(11-35(42)59)70-45-36(60)12-25(13-37(45)61)68-43-30(54)6-22(7-31(43)55)66-23-8-32(56)44(33(57)9-23)69-26-14-38(62)46(39(63)15-26)71-27-16-40(64)48(41(65)17-27)72-47-28(52)4-20(51)5-29(47)53/h1-17,49-65H. The lowest BCUT2D eigenvalue weighted by atomic mass is 10.2. The third-order valence-corrected chi connectivity index (χ3v) is 9.59. The summed E-state index contributed by atoms with van der Waals surface area (Å²) < 4.78 is 38.0. The van der Waals surface area contributed by atoms with Crippen molar-refractivity contribution in [3.05, 3.63) is 103 Å². The van der Waals surface area contributed by atoms with E-state index in [4.69, 9.17) is 33.2 Å². The van der Waals surface area contributed by atoms with Crippen LogP contribution in [0.2, 0.25) is 0 Å². The van der Waals surface area contributed by atoms with Gasteiger partial charge in [-0.3, -0.25) is 0 Å². The van der Waals surface area contributed by atoms with Crippen LogP contribution in [0.5, 0.6) is 178 Å². The second kappa shape index (κ2) is 18.6. The van der Waals surface area contributed by atoms with Gasteiger partial charge in [-0.1, -0.05) is 0 Å². The zero-order valence-electron chi connectivity index (χ0n) is 35.8. The lowest BCUT2D eigenvalue weighted by Crippen LogP contribution is -1.92. The highest BCUT2D eigenvalue weighted by molar-refractivity contribution is 5.66. The minimum atomic E-state index is -0.803. The Morgan fingerprint density at radius 3 is 0.528 bits per heavy atom. The third kappa shape index (κ3) is 9.97. The number of ether oxygens (including phenoxy) is 7. The number of aromatic hydroxyl groups is 17. The van der Waals surface area contributed by atoms with Gasteiger partial charge < -0.3 is 120 Å². The monoisotopic (exact) mass is 994 g/mol. The van der Waals surface area contributed by atoms with Crippen LogP contribution in [-0.2, 0) is 0 Å². The summed E-state index contributed by atoms with van der Waals surface area (Å²) in [4.78, 5) is 0. The summed E-state index contributed by atoms with van der Waals surface area (Å²) in [7, 11) is 0. The SMILES string of the molecule is Oc1cc(O)cc(Oc2c(O)cc(Oc3c(O)cc(Oc4c(O)cc(Oc5cc(O)c(Oc6cc(O)c(Oc7cc(O)c(Oc8c(O)cc(O)cc8O)c(O)c7)c(O)c6)c(O)c5)cc4O)cc3O)cc2O)c1. The summed E-state index contributed by atoms with van der Waals surface area (Å²) in [5, 5.41) is 177. The van der Waals surface area contributed by atoms with Crippen molar-refractivity contribution in [3.63, 3.8) is 0 Å². The number of rotatable bonds is 14. The van der Waals surface area contributed by atoms with Gasteiger partial charge in [0.1, 0.15) is 57.5 Å². The van der Waals surface area contributed by atoms with Crippen molar-refractivity contribution in [1.29, 1.82) is 0 Å². The van der Waals surface area contributed by atoms with Gasteiger partial charge in [0.15, 0.2) is 80.5 Å². The maximum absolute atomic E-state index is 10.8. The van der Waals surface area contributed by atoms with Crippen molar-refractivity contribution in [2.45, 2.75) is 0 Å². The first-order valence-corrected chi connectivity index (χ1v) is 20.0. The van der Waals surface area contributed by atoms with Crippen molar-refractivity contribution >= 4 is 0 Å². The van der Waals surface area contributed by atoms with E-state index in [-0.39, 0.29) is 51.7 Å². The number of phenolic OH excluding ortho intramolecular Hbond substituents is 17. The molecule has 0 aliphatic rings. The predicted molar refractivity (Wildman–Crippen MR) is 240 cm³/mol. The molecule has 0 aliphatic carbocycles. The summed E-state index contributed by atoms with van der Waals surface area (Å²) in [5.74, 6) is -18.2. The Balaban J connectivity index is 0.917. The molecule has 0 heterocycles. The first kappa shape index (κ1) is 47.5. The third-order valence-electron chi connectivity index (χ3n) is 9.59. The van der Waals surface area contributed by atoms with E-state index in [9.17, 15) is 86.8 Å². The summed E-state index contributed by atoms with van der Waals surface area (Å²) in [6.45, 7) is 0. The molecule has 0 saturated heterocycles. The first-order chi connectivity index (χ1) is 34.1. The fraction of sp³-hybridized carbons (Fsp3) is 0. The van der Waals surface area contributed by atoms with Crippen LogP contribution in [0.4, 0.5) is 0 Å². The molecule has 0 aliphatic heterocycles. The Bertz CT molecular complexity index is 3260. The number of hydrogen-bond acceptors (Lipinski definition) is 24. The smallest absolute Gasteiger partial charge is 0.211 e. The average molecular weight is 995 g/mol. The second-order valence-corrected chi connectivity index (χ2v) is 15.0. The summed E-state index contributed by atoms with van der Waals surface area (Å²) in [5.41, 5.74) is 0. The Morgan fingerprint density at radius 1 is 0.153 bits per heavy atom. The van der Waals surface area contributed by atoms with Gasteiger partial charge in [-0.05, 0) is 0 Å². The van der Waals surface area contributed by atoms with Crippen LogP contribution >= 0.6 is 0 Å². The van der Waals surface area contributed by atoms with E-state index in [0.717, 1.165) is 103 Å². The minimum Gasteiger partial charge on any atom is -0.508 e. The molecule has 8 rings (SSSR count). The van der Waals surface area contributed by atoms with Crippen molar-refractivity contribution in [1.82, 2.24) is 0 Å². The van der Waals surface area contributed by atoms with E-state index in [1.165, 1.54) is 0 Å². The zero-order chi connectivity index (χ0) is 51.9. The first-order valence-electron chi connectivity index (χ1n) is 20.0. The summed E-state index contributed by atoms with van der Waals surface area (Å²) in [6, 6.07) is 15.8. The molecule has 72 heavy (non-hydrogen) atoms. The quantitative estimate of drug-likeness (QED) is 0.0482. The van der Waals surface area contributed by atoms with Gasteiger partial charge in [0.05, 0.1) is 0 Å². The molecule has 0 unspecified atom stereocenters. The molecular weight excluding hydrogens is 961 g/mol. The van der Waals surface area contributed by atoms with Gasteiger partial charge in [-0.2, -0.15) is 0 Å². The average Bonchev–Trinajstić information content (AvgIpc) is 3.26. The van der Waals surface area contributed by atoms with E-state index in [0.29, 0.717) is 0 Å². The molecule has 24 heteroatoms. The van der Waals surface area contributed by atoms with Gasteiger partial charge >= 0.3 is 0 Å². The molecular formula is C48H34O24. The molecule has 0 spiro atoms. The van der Waals surface area contributed by atoms with Crippen LogP contribution in [0.3, 0.4) is 0 Å². The van der Waals surface area contributed by atoms with Gasteiger partial charge in [0, 0.05) is 103 Å². The maximum atomic E-state index is 10.8. The molecule has 24 nitrogen and oxygen atoms in total. The molecule has 0 fully saturated rings. The minimum absolute atomic E-state index is 0.150. The van der Waals surface area contributed by atoms with Gasteiger partial charge in [-0.25, -0.2) is 0 Å². The second-order valence-electron chi connectivity index (χ2n) is 15.0. The van der Waals surface area contributed by atoms with E-state index < -0.39 is 126 Å². The van der Waals surface area contributed by atoms with Gasteiger partial charge in [-0.15, -0.1) is 0 Å². The number of hydrogen-bond donors (Lipinski definition) is 17. The molecule has 0 amide bonds. The van der Waals surface area contributed by atoms with Crippen LogP contribution in [0.25, 0.3) is 0 Å². The zero-order valence-corrected chi connectivity index (χ0v) is 35.8. The maximum Gasteiger partial charge on any atom is 0.211 e. The highest BCUT2D eigenvalue weighted by Crippen LogP contribution is 2.53. The number of phenols is 17. The summed E-state index contributed by atoms with van der Waals surface area (Å²) >= 11 is 0. The van der Waals surface area contributed by atoms with E-state index in [2.05, 4.69) is 0 Å². The predicted octanol–water partition coefficient (Wildman–Crippen LogP) is 9.23. The molecule has 370 valence electrons. The van der Waals surface area contributed by atoms with Crippen LogP contribution < -0.4 is 33.2 Å². The highest BCUT2D eigenvalue weighted by Gasteiger charge is 2.24. The largest absolute Gasteiger partial charge is 0.508 e. The molecule has 0 saturated carbocycles. The van der Waals surface area contributed by atoms with Crippen LogP contribution in [-0.4, -0.2) is 86.8 Å². The Kier molecular flexibility index (Phi) is 12.2. The lowest BCUT2D eigenvalue weighted by molar-refractivity contribution is 0.334. The molecule has 8 aromatic carbocycles. The van der Waals surface area contributed by atoms with E-state index in [1.807, 2.05) is 0 Å². The Labute approximate surface area is 400 Å². The van der Waals surface area contributed by atoms with Gasteiger partial charge in [0.25, 0.3) is 0 Å².